The number of rotatable bonds is 7. The van der Waals surface area contributed by atoms with Gasteiger partial charge < -0.3 is 19.5 Å². The Morgan fingerprint density at radius 2 is 2.00 bits per heavy atom. The Hall–Kier alpha value is -0.160. The van der Waals surface area contributed by atoms with Crippen LogP contribution in [0, 0.1) is 5.92 Å². The van der Waals surface area contributed by atoms with Gasteiger partial charge in [0.15, 0.2) is 6.29 Å². The van der Waals surface area contributed by atoms with Gasteiger partial charge in [-0.1, -0.05) is 0 Å². The highest BCUT2D eigenvalue weighted by molar-refractivity contribution is 4.80. The van der Waals surface area contributed by atoms with Crippen LogP contribution in [-0.4, -0.2) is 45.8 Å². The molecule has 4 nitrogen and oxygen atoms in total. The fourth-order valence-corrected chi connectivity index (χ4v) is 2.23. The Balaban J connectivity index is 2.52. The highest BCUT2D eigenvalue weighted by Crippen LogP contribution is 2.21. The average molecular weight is 231 g/mol. The van der Waals surface area contributed by atoms with Crippen molar-refractivity contribution in [2.75, 3.05) is 33.5 Å². The van der Waals surface area contributed by atoms with E-state index >= 15 is 0 Å². The molecule has 2 atom stereocenters. The predicted octanol–water partition coefficient (Wildman–Crippen LogP) is 1.40. The summed E-state index contributed by atoms with van der Waals surface area (Å²) in [7, 11) is 1.96. The lowest BCUT2D eigenvalue weighted by atomic mass is 9.93. The van der Waals surface area contributed by atoms with E-state index in [2.05, 4.69) is 5.32 Å². The van der Waals surface area contributed by atoms with E-state index in [9.17, 15) is 0 Å². The van der Waals surface area contributed by atoms with Crippen molar-refractivity contribution in [1.29, 1.82) is 0 Å². The molecule has 0 aliphatic carbocycles. The van der Waals surface area contributed by atoms with Crippen molar-refractivity contribution >= 4 is 0 Å². The summed E-state index contributed by atoms with van der Waals surface area (Å²) in [6, 6.07) is 0.222. The second-order valence-corrected chi connectivity index (χ2v) is 4.07. The van der Waals surface area contributed by atoms with E-state index in [4.69, 9.17) is 14.2 Å². The molecule has 1 aliphatic rings. The largest absolute Gasteiger partial charge is 0.381 e. The summed E-state index contributed by atoms with van der Waals surface area (Å²) in [4.78, 5) is 0. The van der Waals surface area contributed by atoms with Gasteiger partial charge in [0.25, 0.3) is 0 Å². The lowest BCUT2D eigenvalue weighted by Crippen LogP contribution is -2.49. The summed E-state index contributed by atoms with van der Waals surface area (Å²) >= 11 is 0. The second-order valence-electron chi connectivity index (χ2n) is 4.07. The van der Waals surface area contributed by atoms with Crippen molar-refractivity contribution < 1.29 is 14.2 Å². The maximum atomic E-state index is 5.65. The van der Waals surface area contributed by atoms with Gasteiger partial charge in [0.05, 0.1) is 12.6 Å². The molecule has 16 heavy (non-hydrogen) atoms. The number of likely N-dealkylation sites (N-methyl/N-ethyl adjacent to an activating group) is 1. The fourth-order valence-electron chi connectivity index (χ4n) is 2.23. The molecule has 0 saturated carbocycles. The van der Waals surface area contributed by atoms with Crippen LogP contribution >= 0.6 is 0 Å². The summed E-state index contributed by atoms with van der Waals surface area (Å²) in [6.45, 7) is 7.04. The summed E-state index contributed by atoms with van der Waals surface area (Å²) in [5, 5.41) is 3.31. The molecule has 1 aliphatic heterocycles. The summed E-state index contributed by atoms with van der Waals surface area (Å²) in [5.41, 5.74) is 0. The van der Waals surface area contributed by atoms with Crippen molar-refractivity contribution in [2.45, 2.75) is 39.0 Å². The first kappa shape index (κ1) is 13.9. The van der Waals surface area contributed by atoms with Gasteiger partial charge in [0.1, 0.15) is 0 Å². The van der Waals surface area contributed by atoms with Crippen LogP contribution in [0.3, 0.4) is 0 Å². The third-order valence-corrected chi connectivity index (χ3v) is 2.99. The van der Waals surface area contributed by atoms with Gasteiger partial charge in [0, 0.05) is 25.7 Å². The van der Waals surface area contributed by atoms with E-state index < -0.39 is 0 Å². The minimum absolute atomic E-state index is 0.160. The zero-order valence-electron chi connectivity index (χ0n) is 10.7. The number of hydrogen-bond acceptors (Lipinski definition) is 4. The molecule has 1 saturated heterocycles. The molecular formula is C12H25NO3. The minimum Gasteiger partial charge on any atom is -0.381 e. The van der Waals surface area contributed by atoms with Crippen LogP contribution in [0.5, 0.6) is 0 Å². The highest BCUT2D eigenvalue weighted by atomic mass is 16.7. The van der Waals surface area contributed by atoms with Crippen molar-refractivity contribution in [3.05, 3.63) is 0 Å². The average Bonchev–Trinajstić information content (AvgIpc) is 2.32. The number of hydrogen-bond donors (Lipinski definition) is 1. The van der Waals surface area contributed by atoms with Crippen LogP contribution in [0.15, 0.2) is 0 Å². The normalized spacial score (nSPS) is 23.6. The second kappa shape index (κ2) is 8.01. The van der Waals surface area contributed by atoms with Crippen LogP contribution in [0.1, 0.15) is 26.7 Å². The lowest BCUT2D eigenvalue weighted by Gasteiger charge is -2.34. The van der Waals surface area contributed by atoms with E-state index in [1.54, 1.807) is 0 Å². The van der Waals surface area contributed by atoms with Crippen molar-refractivity contribution in [3.8, 4) is 0 Å². The van der Waals surface area contributed by atoms with Gasteiger partial charge in [-0.2, -0.15) is 0 Å². The molecule has 0 aromatic rings. The van der Waals surface area contributed by atoms with Gasteiger partial charge in [-0.15, -0.1) is 0 Å². The maximum Gasteiger partial charge on any atom is 0.173 e. The smallest absolute Gasteiger partial charge is 0.173 e. The molecule has 0 spiro atoms. The van der Waals surface area contributed by atoms with Gasteiger partial charge in [0.2, 0.25) is 0 Å². The lowest BCUT2D eigenvalue weighted by molar-refractivity contribution is -0.168. The summed E-state index contributed by atoms with van der Waals surface area (Å²) < 4.78 is 16.8. The van der Waals surface area contributed by atoms with Gasteiger partial charge in [-0.05, 0) is 33.7 Å². The molecule has 0 aromatic heterocycles. The van der Waals surface area contributed by atoms with Crippen molar-refractivity contribution in [2.24, 2.45) is 5.92 Å². The van der Waals surface area contributed by atoms with E-state index in [0.29, 0.717) is 19.1 Å². The highest BCUT2D eigenvalue weighted by Gasteiger charge is 2.30. The standard InChI is InChI=1S/C12H25NO3/c1-4-15-12(16-5-2)11(13-3)10-7-6-8-14-9-10/h10-13H,4-9H2,1-3H3. The molecule has 0 amide bonds. The minimum atomic E-state index is -0.160. The first-order chi connectivity index (χ1) is 7.83. The quantitative estimate of drug-likeness (QED) is 0.672. The Morgan fingerprint density at radius 1 is 1.31 bits per heavy atom. The Bertz CT molecular complexity index is 166. The topological polar surface area (TPSA) is 39.7 Å². The Kier molecular flexibility index (Phi) is 6.96. The third-order valence-electron chi connectivity index (χ3n) is 2.99. The number of nitrogens with one attached hydrogen (secondary N) is 1. The number of ether oxygens (including phenoxy) is 3. The van der Waals surface area contributed by atoms with Crippen LogP contribution in [0.25, 0.3) is 0 Å². The van der Waals surface area contributed by atoms with E-state index in [1.807, 2.05) is 20.9 Å². The van der Waals surface area contributed by atoms with Crippen molar-refractivity contribution in [1.82, 2.24) is 5.32 Å². The molecule has 1 heterocycles. The molecule has 1 N–H and O–H groups in total. The zero-order valence-corrected chi connectivity index (χ0v) is 10.7. The first-order valence-electron chi connectivity index (χ1n) is 6.31. The van der Waals surface area contributed by atoms with E-state index in [0.717, 1.165) is 19.6 Å². The predicted molar refractivity (Wildman–Crippen MR) is 63.4 cm³/mol. The molecule has 0 aromatic carbocycles. The molecule has 96 valence electrons. The summed E-state index contributed by atoms with van der Waals surface area (Å²) in [5.74, 6) is 0.488. The van der Waals surface area contributed by atoms with Gasteiger partial charge >= 0.3 is 0 Å². The van der Waals surface area contributed by atoms with Crippen LogP contribution in [0.2, 0.25) is 0 Å². The summed E-state index contributed by atoms with van der Waals surface area (Å²) in [6.07, 6.45) is 2.15. The molecule has 0 bridgehead atoms. The third kappa shape index (κ3) is 4.01. The van der Waals surface area contributed by atoms with Crippen LogP contribution < -0.4 is 5.32 Å². The maximum absolute atomic E-state index is 5.65. The Labute approximate surface area is 98.6 Å². The molecular weight excluding hydrogens is 206 g/mol. The van der Waals surface area contributed by atoms with Gasteiger partial charge in [-0.25, -0.2) is 0 Å². The fraction of sp³-hybridized carbons (Fsp3) is 1.00. The van der Waals surface area contributed by atoms with E-state index in [1.165, 1.54) is 6.42 Å². The molecule has 4 heteroatoms. The molecule has 0 radical (unpaired) electrons. The molecule has 1 rings (SSSR count). The first-order valence-corrected chi connectivity index (χ1v) is 6.31. The SMILES string of the molecule is CCOC(OCC)C(NC)C1CCCOC1. The van der Waals surface area contributed by atoms with Crippen LogP contribution in [-0.2, 0) is 14.2 Å². The molecule has 2 unspecified atom stereocenters. The monoisotopic (exact) mass is 231 g/mol. The molecule has 1 fully saturated rings. The van der Waals surface area contributed by atoms with Gasteiger partial charge in [-0.3, -0.25) is 0 Å². The Morgan fingerprint density at radius 3 is 2.44 bits per heavy atom. The van der Waals surface area contributed by atoms with Crippen molar-refractivity contribution in [3.63, 3.8) is 0 Å². The van der Waals surface area contributed by atoms with E-state index in [-0.39, 0.29) is 12.3 Å². The van der Waals surface area contributed by atoms with Crippen LogP contribution in [0.4, 0.5) is 0 Å². The zero-order chi connectivity index (χ0) is 11.8.